The van der Waals surface area contributed by atoms with Crippen LogP contribution >= 0.6 is 0 Å². The summed E-state index contributed by atoms with van der Waals surface area (Å²) < 4.78 is 7.89. The second-order valence-electron chi connectivity index (χ2n) is 6.57. The lowest BCUT2D eigenvalue weighted by Gasteiger charge is -2.11. The van der Waals surface area contributed by atoms with Crippen LogP contribution in [0.25, 0.3) is 21.8 Å². The second-order valence-corrected chi connectivity index (χ2v) is 6.57. The second kappa shape index (κ2) is 6.63. The molecule has 0 atom stereocenters. The number of unbranched alkanes of at least 4 members (excludes halogenated alkanes) is 1. The van der Waals surface area contributed by atoms with Gasteiger partial charge in [0.15, 0.2) is 0 Å². The summed E-state index contributed by atoms with van der Waals surface area (Å²) in [7, 11) is 6.00. The maximum Gasteiger partial charge on any atom is 0.120 e. The molecule has 0 spiro atoms. The number of rotatable bonds is 6. The number of nitrogens with zero attached hydrogens (tertiary/aromatic N) is 2. The molecule has 0 aliphatic heterocycles. The van der Waals surface area contributed by atoms with Gasteiger partial charge in [-0.05, 0) is 64.2 Å². The zero-order chi connectivity index (χ0) is 16.4. The highest BCUT2D eigenvalue weighted by Crippen LogP contribution is 2.32. The molecule has 3 nitrogen and oxygen atoms in total. The predicted octanol–water partition coefficient (Wildman–Crippen LogP) is 4.45. The SMILES string of the molecule is COc1ccc2c3ccc(C)cc3n(CCCCN(C)C)c2c1. The molecule has 0 saturated heterocycles. The van der Waals surface area contributed by atoms with Crippen LogP contribution in [-0.2, 0) is 6.54 Å². The highest BCUT2D eigenvalue weighted by Gasteiger charge is 2.11. The van der Waals surface area contributed by atoms with Crippen LogP contribution in [0.3, 0.4) is 0 Å². The first-order chi connectivity index (χ1) is 11.1. The van der Waals surface area contributed by atoms with E-state index in [2.05, 4.69) is 66.9 Å². The van der Waals surface area contributed by atoms with Gasteiger partial charge in [-0.3, -0.25) is 0 Å². The number of hydrogen-bond donors (Lipinski definition) is 0. The number of aryl methyl sites for hydroxylation is 2. The average molecular weight is 310 g/mol. The van der Waals surface area contributed by atoms with Gasteiger partial charge >= 0.3 is 0 Å². The summed E-state index contributed by atoms with van der Waals surface area (Å²) in [4.78, 5) is 2.25. The molecule has 23 heavy (non-hydrogen) atoms. The van der Waals surface area contributed by atoms with Gasteiger partial charge in [-0.1, -0.05) is 12.1 Å². The zero-order valence-corrected chi connectivity index (χ0v) is 14.6. The Morgan fingerprint density at radius 2 is 1.65 bits per heavy atom. The third-order valence-electron chi connectivity index (χ3n) is 4.47. The molecule has 0 saturated carbocycles. The Morgan fingerprint density at radius 3 is 2.35 bits per heavy atom. The largest absolute Gasteiger partial charge is 0.497 e. The standard InChI is InChI=1S/C20H26N2O/c1-15-7-9-17-18-10-8-16(23-4)14-20(18)22(19(17)13-15)12-6-5-11-21(2)3/h7-10,13-14H,5-6,11-12H2,1-4H3. The van der Waals surface area contributed by atoms with Crippen LogP contribution in [0.1, 0.15) is 18.4 Å². The lowest BCUT2D eigenvalue weighted by molar-refractivity contribution is 0.389. The normalized spacial score (nSPS) is 11.7. The fourth-order valence-electron chi connectivity index (χ4n) is 3.25. The van der Waals surface area contributed by atoms with Crippen LogP contribution in [-0.4, -0.2) is 37.2 Å². The monoisotopic (exact) mass is 310 g/mol. The van der Waals surface area contributed by atoms with Crippen molar-refractivity contribution in [1.29, 1.82) is 0 Å². The van der Waals surface area contributed by atoms with Gasteiger partial charge in [0, 0.05) is 28.9 Å². The lowest BCUT2D eigenvalue weighted by Crippen LogP contribution is -2.13. The lowest BCUT2D eigenvalue weighted by atomic mass is 10.1. The van der Waals surface area contributed by atoms with E-state index in [1.54, 1.807) is 7.11 Å². The highest BCUT2D eigenvalue weighted by atomic mass is 16.5. The highest BCUT2D eigenvalue weighted by molar-refractivity contribution is 6.08. The van der Waals surface area contributed by atoms with Crippen LogP contribution < -0.4 is 4.74 Å². The Bertz CT molecular complexity index is 817. The Balaban J connectivity index is 2.04. The molecule has 0 amide bonds. The van der Waals surface area contributed by atoms with Crippen LogP contribution in [0.2, 0.25) is 0 Å². The van der Waals surface area contributed by atoms with Crippen LogP contribution in [0.5, 0.6) is 5.75 Å². The van der Waals surface area contributed by atoms with Gasteiger partial charge < -0.3 is 14.2 Å². The van der Waals surface area contributed by atoms with Gasteiger partial charge in [-0.25, -0.2) is 0 Å². The van der Waals surface area contributed by atoms with Crippen molar-refractivity contribution < 1.29 is 4.74 Å². The minimum atomic E-state index is 0.923. The van der Waals surface area contributed by atoms with Gasteiger partial charge in [0.1, 0.15) is 5.75 Å². The van der Waals surface area contributed by atoms with E-state index in [0.717, 1.165) is 18.8 Å². The molecule has 3 heteroatoms. The van der Waals surface area contributed by atoms with E-state index in [0.29, 0.717) is 0 Å². The van der Waals surface area contributed by atoms with Gasteiger partial charge in [0.05, 0.1) is 12.6 Å². The number of benzene rings is 2. The molecule has 0 fully saturated rings. The Labute approximate surface area is 138 Å². The molecule has 0 radical (unpaired) electrons. The van der Waals surface area contributed by atoms with E-state index >= 15 is 0 Å². The van der Waals surface area contributed by atoms with Crippen molar-refractivity contribution in [2.24, 2.45) is 0 Å². The molecule has 3 aromatic rings. The topological polar surface area (TPSA) is 17.4 Å². The number of aromatic nitrogens is 1. The maximum absolute atomic E-state index is 5.43. The van der Waals surface area contributed by atoms with Crippen molar-refractivity contribution in [3.63, 3.8) is 0 Å². The summed E-state index contributed by atoms with van der Waals surface area (Å²) in [5, 5.41) is 2.65. The Morgan fingerprint density at radius 1 is 0.957 bits per heavy atom. The molecule has 122 valence electrons. The van der Waals surface area contributed by atoms with Gasteiger partial charge in [0.25, 0.3) is 0 Å². The molecular weight excluding hydrogens is 284 g/mol. The first kappa shape index (κ1) is 15.9. The average Bonchev–Trinajstić information content (AvgIpc) is 2.83. The molecule has 0 aliphatic carbocycles. The van der Waals surface area contributed by atoms with E-state index in [4.69, 9.17) is 4.74 Å². The van der Waals surface area contributed by atoms with Crippen molar-refractivity contribution in [2.75, 3.05) is 27.7 Å². The minimum absolute atomic E-state index is 0.923. The molecular formula is C20H26N2O. The molecule has 2 aromatic carbocycles. The molecule has 0 bridgehead atoms. The number of fused-ring (bicyclic) bond motifs is 3. The minimum Gasteiger partial charge on any atom is -0.497 e. The van der Waals surface area contributed by atoms with Crippen LogP contribution in [0.15, 0.2) is 36.4 Å². The smallest absolute Gasteiger partial charge is 0.120 e. The number of hydrogen-bond acceptors (Lipinski definition) is 2. The fraction of sp³-hybridized carbons (Fsp3) is 0.400. The molecule has 1 heterocycles. The first-order valence-electron chi connectivity index (χ1n) is 8.31. The molecule has 0 N–H and O–H groups in total. The quantitative estimate of drug-likeness (QED) is 0.626. The molecule has 3 rings (SSSR count). The summed E-state index contributed by atoms with van der Waals surface area (Å²) in [6.07, 6.45) is 2.40. The Kier molecular flexibility index (Phi) is 4.58. The maximum atomic E-state index is 5.43. The summed E-state index contributed by atoms with van der Waals surface area (Å²) in [6, 6.07) is 13.1. The summed E-state index contributed by atoms with van der Waals surface area (Å²) >= 11 is 0. The van der Waals surface area contributed by atoms with Crippen molar-refractivity contribution >= 4 is 21.8 Å². The van der Waals surface area contributed by atoms with E-state index in [1.165, 1.54) is 40.2 Å². The van der Waals surface area contributed by atoms with Gasteiger partial charge in [-0.2, -0.15) is 0 Å². The molecule has 0 unspecified atom stereocenters. The van der Waals surface area contributed by atoms with E-state index in [9.17, 15) is 0 Å². The third kappa shape index (κ3) is 3.20. The zero-order valence-electron chi connectivity index (χ0n) is 14.6. The number of methoxy groups -OCH3 is 1. The molecule has 0 aliphatic rings. The Hall–Kier alpha value is -2.00. The van der Waals surface area contributed by atoms with E-state index < -0.39 is 0 Å². The van der Waals surface area contributed by atoms with E-state index in [1.807, 2.05) is 0 Å². The van der Waals surface area contributed by atoms with Crippen molar-refractivity contribution in [3.8, 4) is 5.75 Å². The van der Waals surface area contributed by atoms with Gasteiger partial charge in [0.2, 0.25) is 0 Å². The predicted molar refractivity (Wildman–Crippen MR) is 98.5 cm³/mol. The van der Waals surface area contributed by atoms with E-state index in [-0.39, 0.29) is 0 Å². The molecule has 1 aromatic heterocycles. The third-order valence-corrected chi connectivity index (χ3v) is 4.47. The van der Waals surface area contributed by atoms with Gasteiger partial charge in [-0.15, -0.1) is 0 Å². The van der Waals surface area contributed by atoms with Crippen LogP contribution in [0, 0.1) is 6.92 Å². The van der Waals surface area contributed by atoms with Crippen LogP contribution in [0.4, 0.5) is 0 Å². The van der Waals surface area contributed by atoms with Crippen molar-refractivity contribution in [2.45, 2.75) is 26.3 Å². The van der Waals surface area contributed by atoms with Crippen molar-refractivity contribution in [1.82, 2.24) is 9.47 Å². The summed E-state index contributed by atoms with van der Waals surface area (Å²) in [5.74, 6) is 0.923. The summed E-state index contributed by atoms with van der Waals surface area (Å²) in [6.45, 7) is 4.35. The summed E-state index contributed by atoms with van der Waals surface area (Å²) in [5.41, 5.74) is 3.91. The fourth-order valence-corrected chi connectivity index (χ4v) is 3.25. The number of ether oxygens (including phenoxy) is 1. The van der Waals surface area contributed by atoms with Crippen molar-refractivity contribution in [3.05, 3.63) is 42.0 Å². The first-order valence-corrected chi connectivity index (χ1v) is 8.31.